The van der Waals surface area contributed by atoms with Crippen LogP contribution < -0.4 is 16.0 Å². The van der Waals surface area contributed by atoms with Gasteiger partial charge < -0.3 is 14.2 Å². The zero-order chi connectivity index (χ0) is 22.5. The van der Waals surface area contributed by atoms with Gasteiger partial charge in [0.2, 0.25) is 0 Å². The van der Waals surface area contributed by atoms with Crippen LogP contribution in [-0.4, -0.2) is 35.3 Å². The van der Waals surface area contributed by atoms with Crippen molar-refractivity contribution >= 4 is 39.4 Å². The molecule has 1 aliphatic heterocycles. The van der Waals surface area contributed by atoms with Crippen LogP contribution >= 0.6 is 22.9 Å². The largest absolute Gasteiger partial charge is 0.488 e. The Hall–Kier alpha value is -2.46. The lowest BCUT2D eigenvalue weighted by Gasteiger charge is -2.22. The van der Waals surface area contributed by atoms with Crippen molar-refractivity contribution in [1.29, 1.82) is 0 Å². The van der Waals surface area contributed by atoms with Gasteiger partial charge in [-0.05, 0) is 43.9 Å². The van der Waals surface area contributed by atoms with Gasteiger partial charge in [0.15, 0.2) is 12.6 Å². The van der Waals surface area contributed by atoms with E-state index < -0.39 is 11.2 Å². The smallest absolute Gasteiger partial charge is 0.329 e. The molecule has 1 N–H and O–H groups in total. The number of hydrogen-bond donors (Lipinski definition) is 1. The molecule has 1 atom stereocenters. The van der Waals surface area contributed by atoms with E-state index in [-0.39, 0.29) is 30.4 Å². The Balaban J connectivity index is 1.50. The second-order valence-electron chi connectivity index (χ2n) is 7.41. The van der Waals surface area contributed by atoms with Gasteiger partial charge in [0.05, 0.1) is 16.9 Å². The third-order valence-corrected chi connectivity index (χ3v) is 6.53. The van der Waals surface area contributed by atoms with Crippen molar-refractivity contribution in [3.63, 3.8) is 0 Å². The summed E-state index contributed by atoms with van der Waals surface area (Å²) in [5, 5.41) is 0.728. The van der Waals surface area contributed by atoms with Gasteiger partial charge in [-0.1, -0.05) is 17.7 Å². The number of thiophene rings is 1. The molecule has 1 unspecified atom stereocenters. The van der Waals surface area contributed by atoms with Crippen LogP contribution in [0.4, 0.5) is 0 Å². The van der Waals surface area contributed by atoms with Crippen LogP contribution in [0, 0.1) is 0 Å². The maximum Gasteiger partial charge on any atom is 0.329 e. The second-order valence-corrected chi connectivity index (χ2v) is 8.96. The number of carbonyl (C=O) groups is 1. The van der Waals surface area contributed by atoms with E-state index in [4.69, 9.17) is 25.8 Å². The lowest BCUT2D eigenvalue weighted by Crippen LogP contribution is -2.35. The van der Waals surface area contributed by atoms with Crippen LogP contribution in [0.1, 0.15) is 40.9 Å². The van der Waals surface area contributed by atoms with E-state index in [2.05, 4.69) is 4.98 Å². The fraction of sp³-hybridized carbons (Fsp3) is 0.409. The molecule has 32 heavy (non-hydrogen) atoms. The van der Waals surface area contributed by atoms with Crippen LogP contribution in [0.15, 0.2) is 33.9 Å². The highest BCUT2D eigenvalue weighted by atomic mass is 35.5. The predicted molar refractivity (Wildman–Crippen MR) is 122 cm³/mol. The summed E-state index contributed by atoms with van der Waals surface area (Å²) in [6, 6.07) is 6.88. The van der Waals surface area contributed by atoms with Gasteiger partial charge in [-0.2, -0.15) is 0 Å². The van der Waals surface area contributed by atoms with Crippen LogP contribution in [0.2, 0.25) is 5.02 Å². The Morgan fingerprint density at radius 2 is 2.19 bits per heavy atom. The third kappa shape index (κ3) is 5.12. The molecule has 4 rings (SSSR count). The van der Waals surface area contributed by atoms with Crippen LogP contribution in [0.25, 0.3) is 10.2 Å². The summed E-state index contributed by atoms with van der Waals surface area (Å²) < 4.78 is 18.0. The molecule has 1 aliphatic rings. The fourth-order valence-electron chi connectivity index (χ4n) is 3.60. The number of H-pyrrole nitrogens is 1. The molecule has 170 valence electrons. The molecule has 0 bridgehead atoms. The van der Waals surface area contributed by atoms with Crippen molar-refractivity contribution in [1.82, 2.24) is 9.55 Å². The lowest BCUT2D eigenvalue weighted by atomic mass is 10.2. The highest BCUT2D eigenvalue weighted by Gasteiger charge is 2.19. The van der Waals surface area contributed by atoms with Crippen molar-refractivity contribution in [3.05, 3.63) is 60.6 Å². The topological polar surface area (TPSA) is 99.6 Å². The molecule has 3 heterocycles. The number of hydrogen-bond acceptors (Lipinski definition) is 7. The molecule has 0 spiro atoms. The number of rotatable bonds is 9. The number of benzene rings is 1. The number of aldehydes is 1. The zero-order valence-corrected chi connectivity index (χ0v) is 18.9. The number of aromatic nitrogens is 2. The molecule has 2 aromatic heterocycles. The summed E-state index contributed by atoms with van der Waals surface area (Å²) >= 11 is 7.12. The molecule has 1 saturated heterocycles. The van der Waals surface area contributed by atoms with Crippen molar-refractivity contribution in [2.75, 3.05) is 13.2 Å². The van der Waals surface area contributed by atoms with Crippen molar-refractivity contribution in [2.45, 2.75) is 45.1 Å². The Labute approximate surface area is 192 Å². The SMILES string of the molecule is O=Cc1c(COc2cccc(Cl)c2)sc2[nH]c(=O)n(CCCOC3CCCCO3)c(=O)c12. The van der Waals surface area contributed by atoms with Gasteiger partial charge in [0, 0.05) is 23.7 Å². The van der Waals surface area contributed by atoms with Crippen molar-refractivity contribution in [2.24, 2.45) is 0 Å². The number of nitrogens with one attached hydrogen (secondary N) is 1. The number of carbonyl (C=O) groups excluding carboxylic acids is 1. The first-order chi connectivity index (χ1) is 15.6. The first-order valence-corrected chi connectivity index (χ1v) is 11.6. The van der Waals surface area contributed by atoms with Gasteiger partial charge in [0.1, 0.15) is 17.2 Å². The molecular formula is C22H23ClN2O6S. The van der Waals surface area contributed by atoms with E-state index in [1.807, 2.05) is 0 Å². The molecule has 8 nitrogen and oxygen atoms in total. The normalized spacial score (nSPS) is 16.3. The highest BCUT2D eigenvalue weighted by Crippen LogP contribution is 2.27. The quantitative estimate of drug-likeness (QED) is 0.371. The second kappa shape index (κ2) is 10.4. The minimum atomic E-state index is -0.516. The molecule has 3 aromatic rings. The summed E-state index contributed by atoms with van der Waals surface area (Å²) in [5.41, 5.74) is -0.781. The van der Waals surface area contributed by atoms with E-state index in [0.717, 1.165) is 35.2 Å². The Morgan fingerprint density at radius 3 is 2.94 bits per heavy atom. The molecule has 0 amide bonds. The van der Waals surface area contributed by atoms with E-state index in [9.17, 15) is 14.4 Å². The number of nitrogens with zero attached hydrogens (tertiary/aromatic N) is 1. The van der Waals surface area contributed by atoms with Crippen LogP contribution in [0.3, 0.4) is 0 Å². The molecule has 0 aliphatic carbocycles. The van der Waals surface area contributed by atoms with Crippen LogP contribution in [-0.2, 0) is 22.6 Å². The maximum absolute atomic E-state index is 13.0. The number of aromatic amines is 1. The minimum absolute atomic E-state index is 0.0739. The molecule has 10 heteroatoms. The Morgan fingerprint density at radius 1 is 1.31 bits per heavy atom. The Bertz CT molecular complexity index is 1210. The summed E-state index contributed by atoms with van der Waals surface area (Å²) in [6.45, 7) is 1.32. The predicted octanol–water partition coefficient (Wildman–Crippen LogP) is 3.73. The number of ether oxygens (including phenoxy) is 3. The van der Waals surface area contributed by atoms with E-state index >= 15 is 0 Å². The van der Waals surface area contributed by atoms with E-state index in [1.54, 1.807) is 24.3 Å². The average molecular weight is 479 g/mol. The molecule has 0 radical (unpaired) electrons. The van der Waals surface area contributed by atoms with Gasteiger partial charge in [-0.15, -0.1) is 11.3 Å². The highest BCUT2D eigenvalue weighted by molar-refractivity contribution is 7.19. The van der Waals surface area contributed by atoms with Crippen molar-refractivity contribution in [3.8, 4) is 5.75 Å². The zero-order valence-electron chi connectivity index (χ0n) is 17.3. The maximum atomic E-state index is 13.0. The van der Waals surface area contributed by atoms with Gasteiger partial charge >= 0.3 is 5.69 Å². The standard InChI is InChI=1S/C22H23ClN2O6S/c23-14-5-3-6-15(11-14)31-13-17-16(12-26)19-20(32-17)24-22(28)25(21(19)27)8-4-10-30-18-7-1-2-9-29-18/h3,5-6,11-12,18H,1-2,4,7-10,13H2,(H,24,28). The van der Waals surface area contributed by atoms with Gasteiger partial charge in [-0.3, -0.25) is 19.1 Å². The summed E-state index contributed by atoms with van der Waals surface area (Å²) in [6.07, 6.45) is 3.83. The summed E-state index contributed by atoms with van der Waals surface area (Å²) in [7, 11) is 0. The van der Waals surface area contributed by atoms with E-state index in [0.29, 0.717) is 46.4 Å². The first-order valence-electron chi connectivity index (χ1n) is 10.4. The fourth-order valence-corrected chi connectivity index (χ4v) is 4.85. The number of halogens is 1. The van der Waals surface area contributed by atoms with E-state index in [1.165, 1.54) is 0 Å². The summed E-state index contributed by atoms with van der Waals surface area (Å²) in [4.78, 5) is 40.9. The molecular weight excluding hydrogens is 456 g/mol. The number of fused-ring (bicyclic) bond motifs is 1. The molecule has 0 saturated carbocycles. The van der Waals surface area contributed by atoms with Crippen molar-refractivity contribution < 1.29 is 19.0 Å². The van der Waals surface area contributed by atoms with Crippen LogP contribution in [0.5, 0.6) is 5.75 Å². The first kappa shape index (κ1) is 22.7. The third-order valence-electron chi connectivity index (χ3n) is 5.20. The summed E-state index contributed by atoms with van der Waals surface area (Å²) in [5.74, 6) is 0.541. The van der Waals surface area contributed by atoms with Gasteiger partial charge in [-0.25, -0.2) is 4.79 Å². The average Bonchev–Trinajstić information content (AvgIpc) is 3.15. The Kier molecular flexibility index (Phi) is 7.41. The monoisotopic (exact) mass is 478 g/mol. The molecule has 1 fully saturated rings. The molecule has 1 aromatic carbocycles. The van der Waals surface area contributed by atoms with Gasteiger partial charge in [0.25, 0.3) is 5.56 Å². The minimum Gasteiger partial charge on any atom is -0.488 e. The lowest BCUT2D eigenvalue weighted by molar-refractivity contribution is -0.163.